The molecule has 0 saturated heterocycles. The van der Waals surface area contributed by atoms with Crippen LogP contribution in [-0.2, 0) is 11.2 Å². The van der Waals surface area contributed by atoms with Crippen LogP contribution in [0, 0.1) is 11.3 Å². The van der Waals surface area contributed by atoms with E-state index in [9.17, 15) is 4.79 Å². The monoisotopic (exact) mass is 291 g/mol. The summed E-state index contributed by atoms with van der Waals surface area (Å²) in [7, 11) is 0. The first-order chi connectivity index (χ1) is 10.7. The summed E-state index contributed by atoms with van der Waals surface area (Å²) in [4.78, 5) is 18.8. The first kappa shape index (κ1) is 15.1. The van der Waals surface area contributed by atoms with Gasteiger partial charge in [0.15, 0.2) is 0 Å². The van der Waals surface area contributed by atoms with Crippen LogP contribution in [-0.4, -0.2) is 21.0 Å². The van der Waals surface area contributed by atoms with E-state index in [2.05, 4.69) is 16.0 Å². The van der Waals surface area contributed by atoms with Gasteiger partial charge >= 0.3 is 5.97 Å². The second-order valence-corrected chi connectivity index (χ2v) is 4.41. The predicted octanol–water partition coefficient (Wildman–Crippen LogP) is 2.75. The first-order valence-corrected chi connectivity index (χ1v) is 6.56. The number of aliphatic carboxylic acids is 1. The molecule has 2 aromatic rings. The lowest BCUT2D eigenvalue weighted by Crippen LogP contribution is -1.93. The average molecular weight is 291 g/mol. The third kappa shape index (κ3) is 4.39. The fourth-order valence-electron chi connectivity index (χ4n) is 1.74. The SMILES string of the molecule is N#Cc1ccc(-c2cnc(CC=CC=CC(=O)O)nc2)cc1. The van der Waals surface area contributed by atoms with Gasteiger partial charge in [-0.05, 0) is 17.7 Å². The molecule has 1 aromatic heterocycles. The molecule has 0 aliphatic rings. The molecule has 0 unspecified atom stereocenters. The highest BCUT2D eigenvalue weighted by atomic mass is 16.4. The minimum Gasteiger partial charge on any atom is -0.478 e. The molecule has 108 valence electrons. The molecule has 1 heterocycles. The molecule has 0 radical (unpaired) electrons. The summed E-state index contributed by atoms with van der Waals surface area (Å²) in [6.45, 7) is 0. The maximum absolute atomic E-state index is 10.3. The Hall–Kier alpha value is -3.26. The highest BCUT2D eigenvalue weighted by molar-refractivity contribution is 5.80. The molecule has 0 atom stereocenters. The van der Waals surface area contributed by atoms with Crippen molar-refractivity contribution < 1.29 is 9.90 Å². The molecule has 0 saturated carbocycles. The Morgan fingerprint density at radius 1 is 1.14 bits per heavy atom. The molecule has 0 aliphatic carbocycles. The number of aromatic nitrogens is 2. The summed E-state index contributed by atoms with van der Waals surface area (Å²) >= 11 is 0. The first-order valence-electron chi connectivity index (χ1n) is 6.56. The van der Waals surface area contributed by atoms with E-state index in [1.165, 1.54) is 6.08 Å². The molecule has 1 aromatic carbocycles. The molecule has 2 rings (SSSR count). The number of hydrogen-bond acceptors (Lipinski definition) is 4. The van der Waals surface area contributed by atoms with E-state index in [1.54, 1.807) is 36.7 Å². The molecular weight excluding hydrogens is 278 g/mol. The summed E-state index contributed by atoms with van der Waals surface area (Å²) in [6.07, 6.45) is 9.92. The fraction of sp³-hybridized carbons (Fsp3) is 0.0588. The molecule has 1 N–H and O–H groups in total. The van der Waals surface area contributed by atoms with Gasteiger partial charge in [0.25, 0.3) is 0 Å². The van der Waals surface area contributed by atoms with Gasteiger partial charge in [-0.2, -0.15) is 5.26 Å². The van der Waals surface area contributed by atoms with Crippen molar-refractivity contribution in [2.45, 2.75) is 6.42 Å². The van der Waals surface area contributed by atoms with Crippen molar-refractivity contribution in [3.05, 3.63) is 72.4 Å². The van der Waals surface area contributed by atoms with E-state index in [1.807, 2.05) is 12.1 Å². The van der Waals surface area contributed by atoms with Crippen LogP contribution in [0.15, 0.2) is 61.0 Å². The third-order valence-electron chi connectivity index (χ3n) is 2.84. The van der Waals surface area contributed by atoms with Gasteiger partial charge < -0.3 is 5.11 Å². The number of hydrogen-bond donors (Lipinski definition) is 1. The van der Waals surface area contributed by atoms with E-state index in [4.69, 9.17) is 10.4 Å². The van der Waals surface area contributed by atoms with Gasteiger partial charge in [-0.15, -0.1) is 0 Å². The van der Waals surface area contributed by atoms with E-state index in [-0.39, 0.29) is 0 Å². The van der Waals surface area contributed by atoms with E-state index in [0.717, 1.165) is 17.2 Å². The molecule has 0 fully saturated rings. The quantitative estimate of drug-likeness (QED) is 0.676. The van der Waals surface area contributed by atoms with Crippen molar-refractivity contribution in [1.82, 2.24) is 9.97 Å². The minimum atomic E-state index is -0.979. The molecule has 5 heteroatoms. The molecule has 0 bridgehead atoms. The van der Waals surface area contributed by atoms with Crippen molar-refractivity contribution >= 4 is 5.97 Å². The van der Waals surface area contributed by atoms with E-state index in [0.29, 0.717) is 17.8 Å². The Balaban J connectivity index is 2.00. The zero-order chi connectivity index (χ0) is 15.8. The van der Waals surface area contributed by atoms with Crippen LogP contribution in [0.25, 0.3) is 11.1 Å². The van der Waals surface area contributed by atoms with Crippen LogP contribution in [0.1, 0.15) is 11.4 Å². The van der Waals surface area contributed by atoms with Crippen molar-refractivity contribution in [3.8, 4) is 17.2 Å². The second-order valence-electron chi connectivity index (χ2n) is 4.41. The van der Waals surface area contributed by atoms with Crippen molar-refractivity contribution in [2.24, 2.45) is 0 Å². The summed E-state index contributed by atoms with van der Waals surface area (Å²) in [5, 5.41) is 17.2. The molecule has 0 amide bonds. The van der Waals surface area contributed by atoms with Gasteiger partial charge in [0, 0.05) is 30.5 Å². The summed E-state index contributed by atoms with van der Waals surface area (Å²) < 4.78 is 0. The Bertz CT molecular complexity index is 739. The maximum atomic E-state index is 10.3. The average Bonchev–Trinajstić information content (AvgIpc) is 2.55. The van der Waals surface area contributed by atoms with Crippen LogP contribution in [0.4, 0.5) is 0 Å². The lowest BCUT2D eigenvalue weighted by atomic mass is 10.1. The second kappa shape index (κ2) is 7.50. The number of benzene rings is 1. The van der Waals surface area contributed by atoms with Gasteiger partial charge in [0.2, 0.25) is 0 Å². The van der Waals surface area contributed by atoms with E-state index >= 15 is 0 Å². The van der Waals surface area contributed by atoms with E-state index < -0.39 is 5.97 Å². The van der Waals surface area contributed by atoms with Gasteiger partial charge in [-0.1, -0.05) is 30.4 Å². The number of allylic oxidation sites excluding steroid dienone is 3. The standard InChI is InChI=1S/C17H13N3O2/c18-10-13-6-8-14(9-7-13)15-11-19-16(20-12-15)4-2-1-3-5-17(21)22/h1-3,5-9,11-12H,4H2,(H,21,22). The number of rotatable bonds is 5. The largest absolute Gasteiger partial charge is 0.478 e. The van der Waals surface area contributed by atoms with Crippen LogP contribution in [0.5, 0.6) is 0 Å². The van der Waals surface area contributed by atoms with Gasteiger partial charge in [0.05, 0.1) is 11.6 Å². The van der Waals surface area contributed by atoms with Crippen molar-refractivity contribution in [2.75, 3.05) is 0 Å². The lowest BCUT2D eigenvalue weighted by molar-refractivity contribution is -0.131. The smallest absolute Gasteiger partial charge is 0.328 e. The number of carboxylic acid groups (broad SMARTS) is 1. The zero-order valence-electron chi connectivity index (χ0n) is 11.7. The fourth-order valence-corrected chi connectivity index (χ4v) is 1.74. The summed E-state index contributed by atoms with van der Waals surface area (Å²) in [5.74, 6) is -0.329. The van der Waals surface area contributed by atoms with Gasteiger partial charge in [-0.25, -0.2) is 14.8 Å². The molecule has 0 aliphatic heterocycles. The predicted molar refractivity (Wildman–Crippen MR) is 81.8 cm³/mol. The summed E-state index contributed by atoms with van der Waals surface area (Å²) in [6, 6.07) is 9.28. The Morgan fingerprint density at radius 3 is 2.41 bits per heavy atom. The minimum absolute atomic E-state index is 0.525. The number of carboxylic acids is 1. The maximum Gasteiger partial charge on any atom is 0.328 e. The number of nitriles is 1. The number of nitrogens with zero attached hydrogens (tertiary/aromatic N) is 3. The Morgan fingerprint density at radius 2 is 1.82 bits per heavy atom. The lowest BCUT2D eigenvalue weighted by Gasteiger charge is -2.01. The zero-order valence-corrected chi connectivity index (χ0v) is 11.7. The number of carbonyl (C=O) groups is 1. The highest BCUT2D eigenvalue weighted by Crippen LogP contribution is 2.17. The normalized spacial score (nSPS) is 10.9. The highest BCUT2D eigenvalue weighted by Gasteiger charge is 2.00. The molecule has 22 heavy (non-hydrogen) atoms. The van der Waals surface area contributed by atoms with Gasteiger partial charge in [0.1, 0.15) is 5.82 Å². The van der Waals surface area contributed by atoms with Crippen LogP contribution in [0.2, 0.25) is 0 Å². The van der Waals surface area contributed by atoms with Crippen LogP contribution >= 0.6 is 0 Å². The van der Waals surface area contributed by atoms with Gasteiger partial charge in [-0.3, -0.25) is 0 Å². The topological polar surface area (TPSA) is 86.9 Å². The van der Waals surface area contributed by atoms with Crippen LogP contribution in [0.3, 0.4) is 0 Å². The van der Waals surface area contributed by atoms with Crippen LogP contribution < -0.4 is 0 Å². The molecular formula is C17H13N3O2. The third-order valence-corrected chi connectivity index (χ3v) is 2.84. The van der Waals surface area contributed by atoms with Crippen molar-refractivity contribution in [3.63, 3.8) is 0 Å². The van der Waals surface area contributed by atoms with Crippen molar-refractivity contribution in [1.29, 1.82) is 5.26 Å². The summed E-state index contributed by atoms with van der Waals surface area (Å²) in [5.41, 5.74) is 2.44. The molecule has 0 spiro atoms. The Labute approximate surface area is 127 Å². The Kier molecular flexibility index (Phi) is 5.16. The molecule has 5 nitrogen and oxygen atoms in total.